The lowest BCUT2D eigenvalue weighted by Crippen LogP contribution is -2.40. The smallest absolute Gasteiger partial charge is 0.00854 e. The van der Waals surface area contributed by atoms with E-state index >= 15 is 0 Å². The van der Waals surface area contributed by atoms with Crippen LogP contribution in [0.3, 0.4) is 0 Å². The average molecular weight is 429 g/mol. The van der Waals surface area contributed by atoms with Crippen molar-refractivity contribution in [3.05, 3.63) is 11.6 Å². The molecule has 0 N–H and O–H groups in total. The number of hydrogen-bond acceptors (Lipinski definition) is 0. The predicted molar refractivity (Wildman–Crippen MR) is 138 cm³/mol. The van der Waals surface area contributed by atoms with Gasteiger partial charge in [-0.05, 0) is 98.2 Å². The molecule has 3 aliphatic rings. The van der Waals surface area contributed by atoms with E-state index in [0.29, 0.717) is 10.8 Å². The Morgan fingerprint density at radius 3 is 2.52 bits per heavy atom. The fourth-order valence-electron chi connectivity index (χ4n) is 8.41. The van der Waals surface area contributed by atoms with Crippen LogP contribution in [0, 0.1) is 40.4 Å². The van der Waals surface area contributed by atoms with E-state index in [0.717, 1.165) is 29.6 Å². The van der Waals surface area contributed by atoms with Crippen LogP contribution in [0.25, 0.3) is 0 Å². The van der Waals surface area contributed by atoms with E-state index in [9.17, 15) is 0 Å². The minimum absolute atomic E-state index is 0.537. The van der Waals surface area contributed by atoms with Gasteiger partial charge in [-0.1, -0.05) is 98.1 Å². The van der Waals surface area contributed by atoms with Crippen LogP contribution >= 0.6 is 0 Å². The van der Waals surface area contributed by atoms with Gasteiger partial charge < -0.3 is 0 Å². The quantitative estimate of drug-likeness (QED) is 0.337. The first kappa shape index (κ1) is 25.4. The molecular weight excluding hydrogens is 372 g/mol. The van der Waals surface area contributed by atoms with Crippen LogP contribution in [0.15, 0.2) is 11.6 Å². The third-order valence-electron chi connectivity index (χ3n) is 10.3. The molecule has 2 saturated carbocycles. The molecule has 0 heteroatoms. The van der Waals surface area contributed by atoms with E-state index < -0.39 is 0 Å². The molecule has 0 heterocycles. The maximum absolute atomic E-state index is 2.73. The molecule has 3 rings (SSSR count). The van der Waals surface area contributed by atoms with Gasteiger partial charge in [0, 0.05) is 0 Å². The Labute approximate surface area is 196 Å². The van der Waals surface area contributed by atoms with E-state index in [1.807, 2.05) is 5.57 Å². The van der Waals surface area contributed by atoms with Crippen LogP contribution in [-0.2, 0) is 0 Å². The van der Waals surface area contributed by atoms with Gasteiger partial charge in [0.1, 0.15) is 0 Å². The zero-order valence-electron chi connectivity index (χ0n) is 22.3. The molecule has 6 atom stereocenters. The number of rotatable bonds is 8. The SMILES string of the molecule is CCC[C@@H]1CCCC2CC=C3CCCC[C@]3(C)[C@H]2CC[C@]1(C)C[C@H](C)CCCC(C)C. The predicted octanol–water partition coefficient (Wildman–Crippen LogP) is 10.4. The Kier molecular flexibility index (Phi) is 9.20. The minimum Gasteiger partial charge on any atom is -0.0845 e. The van der Waals surface area contributed by atoms with Crippen LogP contribution in [0.1, 0.15) is 144 Å². The third kappa shape index (κ3) is 6.20. The van der Waals surface area contributed by atoms with Gasteiger partial charge in [0.15, 0.2) is 0 Å². The van der Waals surface area contributed by atoms with E-state index in [1.54, 1.807) is 0 Å². The van der Waals surface area contributed by atoms with Crippen LogP contribution in [0.2, 0.25) is 0 Å². The molecule has 0 spiro atoms. The first-order chi connectivity index (χ1) is 14.8. The number of fused-ring (bicyclic) bond motifs is 3. The van der Waals surface area contributed by atoms with E-state index in [2.05, 4.69) is 47.6 Å². The lowest BCUT2D eigenvalue weighted by molar-refractivity contribution is 0.0640. The average Bonchev–Trinajstić information content (AvgIpc) is 2.77. The second-order valence-corrected chi connectivity index (χ2v) is 13.2. The molecule has 0 bridgehead atoms. The summed E-state index contributed by atoms with van der Waals surface area (Å²) in [7, 11) is 0. The Balaban J connectivity index is 1.75. The summed E-state index contributed by atoms with van der Waals surface area (Å²) in [4.78, 5) is 0. The first-order valence-corrected chi connectivity index (χ1v) is 14.5. The van der Waals surface area contributed by atoms with Crippen molar-refractivity contribution in [1.29, 1.82) is 0 Å². The van der Waals surface area contributed by atoms with Gasteiger partial charge in [0.25, 0.3) is 0 Å². The summed E-state index contributed by atoms with van der Waals surface area (Å²) in [6.07, 6.45) is 26.0. The normalized spacial score (nSPS) is 37.8. The summed E-state index contributed by atoms with van der Waals surface area (Å²) in [6.45, 7) is 15.2. The summed E-state index contributed by atoms with van der Waals surface area (Å²) in [6, 6.07) is 0. The van der Waals surface area contributed by atoms with E-state index in [4.69, 9.17) is 0 Å². The van der Waals surface area contributed by atoms with Gasteiger partial charge in [-0.25, -0.2) is 0 Å². The van der Waals surface area contributed by atoms with Gasteiger partial charge in [-0.15, -0.1) is 0 Å². The number of hydrogen-bond donors (Lipinski definition) is 0. The Morgan fingerprint density at radius 1 is 0.968 bits per heavy atom. The van der Waals surface area contributed by atoms with E-state index in [1.165, 1.54) is 103 Å². The van der Waals surface area contributed by atoms with Crippen molar-refractivity contribution in [2.45, 2.75) is 144 Å². The summed E-state index contributed by atoms with van der Waals surface area (Å²) < 4.78 is 0. The molecule has 0 radical (unpaired) electrons. The highest BCUT2D eigenvalue weighted by Gasteiger charge is 2.46. The highest BCUT2D eigenvalue weighted by atomic mass is 14.5. The van der Waals surface area contributed by atoms with Crippen molar-refractivity contribution < 1.29 is 0 Å². The van der Waals surface area contributed by atoms with Crippen molar-refractivity contribution in [3.63, 3.8) is 0 Å². The van der Waals surface area contributed by atoms with Gasteiger partial charge >= 0.3 is 0 Å². The van der Waals surface area contributed by atoms with Gasteiger partial charge in [-0.3, -0.25) is 0 Å². The van der Waals surface area contributed by atoms with Gasteiger partial charge in [-0.2, -0.15) is 0 Å². The van der Waals surface area contributed by atoms with Crippen molar-refractivity contribution in [2.24, 2.45) is 40.4 Å². The van der Waals surface area contributed by atoms with Crippen LogP contribution in [0.5, 0.6) is 0 Å². The molecule has 0 aliphatic heterocycles. The molecular formula is C31H56. The number of allylic oxidation sites excluding steroid dienone is 2. The van der Waals surface area contributed by atoms with Crippen molar-refractivity contribution >= 4 is 0 Å². The maximum Gasteiger partial charge on any atom is -0.00854 e. The van der Waals surface area contributed by atoms with Gasteiger partial charge in [0.05, 0.1) is 0 Å². The van der Waals surface area contributed by atoms with Crippen LogP contribution < -0.4 is 0 Å². The monoisotopic (exact) mass is 428 g/mol. The molecule has 0 aromatic carbocycles. The Morgan fingerprint density at radius 2 is 1.77 bits per heavy atom. The highest BCUT2D eigenvalue weighted by molar-refractivity contribution is 5.22. The van der Waals surface area contributed by atoms with Crippen LogP contribution in [-0.4, -0.2) is 0 Å². The molecule has 1 unspecified atom stereocenters. The molecule has 180 valence electrons. The van der Waals surface area contributed by atoms with Crippen molar-refractivity contribution in [2.75, 3.05) is 0 Å². The molecule has 0 aromatic heterocycles. The maximum atomic E-state index is 2.73. The molecule has 0 nitrogen and oxygen atoms in total. The lowest BCUT2D eigenvalue weighted by Gasteiger charge is -2.50. The fourth-order valence-corrected chi connectivity index (χ4v) is 8.41. The van der Waals surface area contributed by atoms with Crippen molar-refractivity contribution in [1.82, 2.24) is 0 Å². The summed E-state index contributed by atoms with van der Waals surface area (Å²) in [5.74, 6) is 4.65. The molecule has 31 heavy (non-hydrogen) atoms. The fraction of sp³-hybridized carbons (Fsp3) is 0.935. The zero-order chi connectivity index (χ0) is 22.5. The Bertz CT molecular complexity index is 571. The molecule has 2 fully saturated rings. The summed E-state index contributed by atoms with van der Waals surface area (Å²) >= 11 is 0. The first-order valence-electron chi connectivity index (χ1n) is 14.5. The van der Waals surface area contributed by atoms with Gasteiger partial charge in [0.2, 0.25) is 0 Å². The molecule has 0 amide bonds. The second kappa shape index (κ2) is 11.2. The lowest BCUT2D eigenvalue weighted by atomic mass is 9.54. The topological polar surface area (TPSA) is 0 Å². The summed E-state index contributed by atoms with van der Waals surface area (Å²) in [5.41, 5.74) is 2.97. The molecule has 0 saturated heterocycles. The minimum atomic E-state index is 0.537. The standard InChI is InChI=1S/C31H56/c1-7-12-27-17-11-15-26-18-19-28-16-8-9-21-31(28,6)29(26)20-22-30(27,5)23-25(4)14-10-13-24(2)3/h19,24-27,29H,7-18,20-23H2,1-6H3/t25-,26?,27-,29+,30-,31+/m1/s1. The third-order valence-corrected chi connectivity index (χ3v) is 10.3. The van der Waals surface area contributed by atoms with E-state index in [-0.39, 0.29) is 0 Å². The molecule has 3 aliphatic carbocycles. The summed E-state index contributed by atoms with van der Waals surface area (Å²) in [5, 5.41) is 0. The second-order valence-electron chi connectivity index (χ2n) is 13.2. The van der Waals surface area contributed by atoms with Crippen molar-refractivity contribution in [3.8, 4) is 0 Å². The highest BCUT2D eigenvalue weighted by Crippen LogP contribution is 2.57. The van der Waals surface area contributed by atoms with Crippen LogP contribution in [0.4, 0.5) is 0 Å². The zero-order valence-corrected chi connectivity index (χ0v) is 22.3. The molecule has 0 aromatic rings. The largest absolute Gasteiger partial charge is 0.0845 e. The Hall–Kier alpha value is -0.260.